The molecule has 1 fully saturated rings. The van der Waals surface area contributed by atoms with Crippen LogP contribution in [0, 0.1) is 6.92 Å². The van der Waals surface area contributed by atoms with Crippen LogP contribution in [-0.2, 0) is 6.18 Å². The molecule has 4 rings (SSSR count). The molecule has 1 aliphatic heterocycles. The number of hydrogen-bond acceptors (Lipinski definition) is 5. The highest BCUT2D eigenvalue weighted by molar-refractivity contribution is 6.01. The Morgan fingerprint density at radius 1 is 1.10 bits per heavy atom. The maximum absolute atomic E-state index is 13.0. The van der Waals surface area contributed by atoms with Gasteiger partial charge in [-0.25, -0.2) is 0 Å². The van der Waals surface area contributed by atoms with Gasteiger partial charge in [-0.15, -0.1) is 10.2 Å². The zero-order valence-corrected chi connectivity index (χ0v) is 16.8. The second kappa shape index (κ2) is 7.75. The molecule has 30 heavy (non-hydrogen) atoms. The van der Waals surface area contributed by atoms with Gasteiger partial charge in [-0.05, 0) is 57.6 Å². The molecule has 1 saturated heterocycles. The zero-order chi connectivity index (χ0) is 21.5. The van der Waals surface area contributed by atoms with E-state index in [0.29, 0.717) is 11.5 Å². The quantitative estimate of drug-likeness (QED) is 0.640. The fraction of sp³-hybridized carbons (Fsp3) is 0.364. The van der Waals surface area contributed by atoms with E-state index in [1.807, 2.05) is 25.1 Å². The molecule has 158 valence electrons. The summed E-state index contributed by atoms with van der Waals surface area (Å²) in [5.74, 6) is 0.166. The van der Waals surface area contributed by atoms with E-state index in [1.165, 1.54) is 6.07 Å². The summed E-state index contributed by atoms with van der Waals surface area (Å²) in [6.07, 6.45) is -2.40. The molecule has 2 N–H and O–H groups in total. The predicted molar refractivity (Wildman–Crippen MR) is 111 cm³/mol. The smallest absolute Gasteiger partial charge is 0.416 e. The fourth-order valence-corrected chi connectivity index (χ4v) is 3.96. The van der Waals surface area contributed by atoms with Gasteiger partial charge in [-0.2, -0.15) is 13.2 Å². The molecule has 5 nitrogen and oxygen atoms in total. The Morgan fingerprint density at radius 2 is 1.90 bits per heavy atom. The summed E-state index contributed by atoms with van der Waals surface area (Å²) < 4.78 is 38.9. The summed E-state index contributed by atoms with van der Waals surface area (Å²) in [6, 6.07) is 8.90. The molecule has 2 heterocycles. The Bertz CT molecular complexity index is 1080. The molecule has 0 aliphatic carbocycles. The molecule has 0 bridgehead atoms. The Hall–Kier alpha value is -2.87. The van der Waals surface area contributed by atoms with Crippen molar-refractivity contribution < 1.29 is 18.3 Å². The highest BCUT2D eigenvalue weighted by atomic mass is 19.4. The van der Waals surface area contributed by atoms with Gasteiger partial charge in [0.1, 0.15) is 11.4 Å². The Labute approximate surface area is 172 Å². The Kier molecular flexibility index (Phi) is 5.27. The molecule has 0 radical (unpaired) electrons. The first-order chi connectivity index (χ1) is 14.2. The van der Waals surface area contributed by atoms with E-state index in [4.69, 9.17) is 0 Å². The van der Waals surface area contributed by atoms with E-state index in [1.54, 1.807) is 0 Å². The lowest BCUT2D eigenvalue weighted by Crippen LogP contribution is -2.40. The molecule has 1 atom stereocenters. The number of anilines is 1. The number of hydrogen-bond donors (Lipinski definition) is 2. The van der Waals surface area contributed by atoms with Gasteiger partial charge >= 0.3 is 6.18 Å². The number of likely N-dealkylation sites (tertiary alicyclic amines) is 1. The van der Waals surface area contributed by atoms with Crippen LogP contribution in [0.25, 0.3) is 22.0 Å². The van der Waals surface area contributed by atoms with Gasteiger partial charge < -0.3 is 15.3 Å². The number of alkyl halides is 3. The third-order valence-electron chi connectivity index (χ3n) is 5.48. The number of halogens is 3. The van der Waals surface area contributed by atoms with E-state index < -0.39 is 17.5 Å². The average molecular weight is 416 g/mol. The first-order valence-corrected chi connectivity index (χ1v) is 9.85. The van der Waals surface area contributed by atoms with Crippen LogP contribution < -0.4 is 5.32 Å². The molecule has 0 saturated carbocycles. The van der Waals surface area contributed by atoms with Crippen molar-refractivity contribution in [2.24, 2.45) is 0 Å². The number of aryl methyl sites for hydroxylation is 1. The summed E-state index contributed by atoms with van der Waals surface area (Å²) >= 11 is 0. The minimum Gasteiger partial charge on any atom is -0.507 e. The van der Waals surface area contributed by atoms with Crippen LogP contribution in [-0.4, -0.2) is 46.4 Å². The van der Waals surface area contributed by atoms with Crippen molar-refractivity contribution in [1.29, 1.82) is 0 Å². The second-order valence-electron chi connectivity index (χ2n) is 7.92. The number of nitrogens with zero attached hydrogens (tertiary/aromatic N) is 3. The molecule has 0 unspecified atom stereocenters. The maximum atomic E-state index is 13.0. The number of rotatable bonds is 3. The van der Waals surface area contributed by atoms with Crippen LogP contribution in [0.2, 0.25) is 0 Å². The monoisotopic (exact) mass is 416 g/mol. The molecular weight excluding hydrogens is 393 g/mol. The topological polar surface area (TPSA) is 61.3 Å². The van der Waals surface area contributed by atoms with Crippen molar-refractivity contribution in [1.82, 2.24) is 15.1 Å². The van der Waals surface area contributed by atoms with Gasteiger partial charge in [0.2, 0.25) is 0 Å². The number of benzene rings is 2. The number of piperidine rings is 1. The van der Waals surface area contributed by atoms with E-state index in [0.717, 1.165) is 54.4 Å². The minimum absolute atomic E-state index is 0.216. The van der Waals surface area contributed by atoms with Crippen molar-refractivity contribution in [3.63, 3.8) is 0 Å². The number of nitrogens with one attached hydrogen (secondary N) is 1. The maximum Gasteiger partial charge on any atom is 0.416 e. The highest BCUT2D eigenvalue weighted by Crippen LogP contribution is 2.39. The lowest BCUT2D eigenvalue weighted by molar-refractivity contribution is -0.137. The molecule has 8 heteroatoms. The van der Waals surface area contributed by atoms with E-state index in [2.05, 4.69) is 27.5 Å². The SMILES string of the molecule is Cc1ccc2c(-c3ccc(C(F)(F)F)cc3O)nnc(N[C@@H]3CCCN(C)C3)c2c1. The summed E-state index contributed by atoms with van der Waals surface area (Å²) in [5, 5.41) is 23.9. The van der Waals surface area contributed by atoms with Gasteiger partial charge in [-0.1, -0.05) is 17.7 Å². The summed E-state index contributed by atoms with van der Waals surface area (Å²) in [7, 11) is 2.08. The van der Waals surface area contributed by atoms with Crippen molar-refractivity contribution in [2.45, 2.75) is 32.0 Å². The van der Waals surface area contributed by atoms with E-state index in [-0.39, 0.29) is 11.6 Å². The number of fused-ring (bicyclic) bond motifs is 1. The first kappa shape index (κ1) is 20.4. The third-order valence-corrected chi connectivity index (χ3v) is 5.48. The molecule has 0 amide bonds. The van der Waals surface area contributed by atoms with Crippen molar-refractivity contribution in [3.05, 3.63) is 47.5 Å². The van der Waals surface area contributed by atoms with E-state index >= 15 is 0 Å². The lowest BCUT2D eigenvalue weighted by atomic mass is 10.0. The van der Waals surface area contributed by atoms with Crippen molar-refractivity contribution >= 4 is 16.6 Å². The largest absolute Gasteiger partial charge is 0.507 e. The molecule has 2 aromatic carbocycles. The number of phenols is 1. The van der Waals surface area contributed by atoms with Crippen LogP contribution >= 0.6 is 0 Å². The number of aromatic nitrogens is 2. The third kappa shape index (κ3) is 4.05. The van der Waals surface area contributed by atoms with Crippen LogP contribution in [0.5, 0.6) is 5.75 Å². The Balaban J connectivity index is 1.78. The second-order valence-corrected chi connectivity index (χ2v) is 7.92. The van der Waals surface area contributed by atoms with Crippen LogP contribution in [0.1, 0.15) is 24.0 Å². The van der Waals surface area contributed by atoms with E-state index in [9.17, 15) is 18.3 Å². The van der Waals surface area contributed by atoms with Crippen LogP contribution in [0.3, 0.4) is 0 Å². The summed E-state index contributed by atoms with van der Waals surface area (Å²) in [5.41, 5.74) is 0.689. The van der Waals surface area contributed by atoms with Gasteiger partial charge in [0.15, 0.2) is 5.82 Å². The normalized spacial score (nSPS) is 18.0. The Morgan fingerprint density at radius 3 is 2.60 bits per heavy atom. The van der Waals surface area contributed by atoms with Crippen LogP contribution in [0.15, 0.2) is 36.4 Å². The molecule has 1 aliphatic rings. The number of likely N-dealkylation sites (N-methyl/N-ethyl adjacent to an activating group) is 1. The molecular formula is C22H23F3N4O. The number of aromatic hydroxyl groups is 1. The fourth-order valence-electron chi connectivity index (χ4n) is 3.96. The van der Waals surface area contributed by atoms with Gasteiger partial charge in [0, 0.05) is 28.9 Å². The zero-order valence-electron chi connectivity index (χ0n) is 16.8. The molecule has 1 aromatic heterocycles. The van der Waals surface area contributed by atoms with Gasteiger partial charge in [-0.3, -0.25) is 0 Å². The highest BCUT2D eigenvalue weighted by Gasteiger charge is 2.31. The summed E-state index contributed by atoms with van der Waals surface area (Å²) in [4.78, 5) is 2.26. The van der Waals surface area contributed by atoms with Gasteiger partial charge in [0.25, 0.3) is 0 Å². The predicted octanol–water partition coefficient (Wildman–Crippen LogP) is 4.84. The molecule has 3 aromatic rings. The van der Waals surface area contributed by atoms with Crippen molar-refractivity contribution in [2.75, 3.05) is 25.5 Å². The lowest BCUT2D eigenvalue weighted by Gasteiger charge is -2.30. The van der Waals surface area contributed by atoms with Crippen molar-refractivity contribution in [3.8, 4) is 17.0 Å². The average Bonchev–Trinajstić information content (AvgIpc) is 2.68. The molecule has 0 spiro atoms. The minimum atomic E-state index is -4.53. The number of phenolic OH excluding ortho intramolecular Hbond substituents is 1. The van der Waals surface area contributed by atoms with Gasteiger partial charge in [0.05, 0.1) is 5.56 Å². The van der Waals surface area contributed by atoms with Crippen LogP contribution in [0.4, 0.5) is 19.0 Å². The first-order valence-electron chi connectivity index (χ1n) is 9.85. The standard InChI is InChI=1S/C22H23F3N4O/c1-13-5-7-16-18(10-13)21(26-15-4-3-9-29(2)12-15)28-27-20(16)17-8-6-14(11-19(17)30)22(23,24)25/h5-8,10-11,15,30H,3-4,9,12H2,1-2H3,(H,26,28)/t15-/m1/s1. The summed E-state index contributed by atoms with van der Waals surface area (Å²) in [6.45, 7) is 3.93.